The van der Waals surface area contributed by atoms with Gasteiger partial charge in [-0.3, -0.25) is 4.79 Å². The topological polar surface area (TPSA) is 85.9 Å². The Morgan fingerprint density at radius 2 is 2.19 bits per heavy atom. The van der Waals surface area contributed by atoms with Crippen LogP contribution >= 0.6 is 11.3 Å². The average Bonchev–Trinajstić information content (AvgIpc) is 3.45. The van der Waals surface area contributed by atoms with Crippen molar-refractivity contribution in [2.45, 2.75) is 13.3 Å². The summed E-state index contributed by atoms with van der Waals surface area (Å²) in [5, 5.41) is 7.57. The summed E-state index contributed by atoms with van der Waals surface area (Å²) in [4.78, 5) is 26.5. The molecule has 162 valence electrons. The first-order valence-electron chi connectivity index (χ1n) is 10.5. The van der Waals surface area contributed by atoms with Crippen LogP contribution in [0, 0.1) is 0 Å². The van der Waals surface area contributed by atoms with Crippen molar-refractivity contribution in [1.29, 1.82) is 0 Å². The van der Waals surface area contributed by atoms with Crippen LogP contribution in [0.2, 0.25) is 0 Å². The number of aromatic nitrogens is 3. The molecular formula is C24H24N6OS. The molecule has 0 spiro atoms. The molecule has 0 radical (unpaired) electrons. The van der Waals surface area contributed by atoms with Gasteiger partial charge in [-0.25, -0.2) is 9.97 Å². The molecule has 0 saturated carbocycles. The number of amides is 1. The number of benzene rings is 1. The zero-order chi connectivity index (χ0) is 22.1. The van der Waals surface area contributed by atoms with Gasteiger partial charge >= 0.3 is 0 Å². The van der Waals surface area contributed by atoms with Crippen LogP contribution in [0.25, 0.3) is 26.8 Å². The van der Waals surface area contributed by atoms with E-state index < -0.39 is 0 Å². The molecule has 8 heteroatoms. The lowest BCUT2D eigenvalue weighted by atomic mass is 10.0. The number of carbonyl (C=O) groups is 1. The summed E-state index contributed by atoms with van der Waals surface area (Å²) in [6.45, 7) is 7.23. The molecule has 32 heavy (non-hydrogen) atoms. The van der Waals surface area contributed by atoms with Gasteiger partial charge in [0.1, 0.15) is 5.65 Å². The molecule has 0 fully saturated rings. The van der Waals surface area contributed by atoms with Crippen LogP contribution in [-0.2, 0) is 4.79 Å². The minimum absolute atomic E-state index is 0.0889. The summed E-state index contributed by atoms with van der Waals surface area (Å²) in [7, 11) is 0. The second kappa shape index (κ2) is 8.47. The van der Waals surface area contributed by atoms with Gasteiger partial charge in [0.2, 0.25) is 5.91 Å². The fourth-order valence-electron chi connectivity index (χ4n) is 3.88. The summed E-state index contributed by atoms with van der Waals surface area (Å²) < 4.78 is 1.15. The summed E-state index contributed by atoms with van der Waals surface area (Å²) >= 11 is 1.63. The average molecular weight is 445 g/mol. The highest BCUT2D eigenvalue weighted by atomic mass is 32.1. The minimum atomic E-state index is 0.0889. The van der Waals surface area contributed by atoms with Gasteiger partial charge in [-0.05, 0) is 49.2 Å². The lowest BCUT2D eigenvalue weighted by molar-refractivity contribution is -0.129. The van der Waals surface area contributed by atoms with E-state index in [1.807, 2.05) is 35.5 Å². The Morgan fingerprint density at radius 1 is 1.28 bits per heavy atom. The van der Waals surface area contributed by atoms with E-state index in [-0.39, 0.29) is 12.5 Å². The summed E-state index contributed by atoms with van der Waals surface area (Å²) in [5.41, 5.74) is 8.79. The Kier molecular flexibility index (Phi) is 5.36. The van der Waals surface area contributed by atoms with E-state index in [2.05, 4.69) is 50.4 Å². The van der Waals surface area contributed by atoms with Gasteiger partial charge in [0.05, 0.1) is 28.0 Å². The van der Waals surface area contributed by atoms with Gasteiger partial charge < -0.3 is 20.5 Å². The van der Waals surface area contributed by atoms with Crippen molar-refractivity contribution in [3.05, 3.63) is 66.1 Å². The normalized spacial score (nSPS) is 13.9. The molecule has 7 nitrogen and oxygen atoms in total. The number of anilines is 2. The van der Waals surface area contributed by atoms with Crippen molar-refractivity contribution in [1.82, 2.24) is 25.2 Å². The minimum Gasteiger partial charge on any atom is -0.380 e. The van der Waals surface area contributed by atoms with Crippen LogP contribution in [0.5, 0.6) is 0 Å². The van der Waals surface area contributed by atoms with E-state index in [1.165, 1.54) is 5.57 Å². The number of nitrogens with one attached hydrogen (secondary N) is 3. The second-order valence-corrected chi connectivity index (χ2v) is 8.80. The molecule has 1 aromatic carbocycles. The van der Waals surface area contributed by atoms with Crippen LogP contribution in [-0.4, -0.2) is 45.4 Å². The maximum absolute atomic E-state index is 12.3. The second-order valence-electron chi connectivity index (χ2n) is 7.92. The predicted octanol–water partition coefficient (Wildman–Crippen LogP) is 4.66. The molecule has 0 unspecified atom stereocenters. The first-order valence-corrected chi connectivity index (χ1v) is 11.4. The fourth-order valence-corrected chi connectivity index (χ4v) is 4.59. The van der Waals surface area contributed by atoms with E-state index >= 15 is 0 Å². The van der Waals surface area contributed by atoms with E-state index in [0.717, 1.165) is 50.4 Å². The molecular weight excluding hydrogens is 420 g/mol. The van der Waals surface area contributed by atoms with Crippen molar-refractivity contribution in [2.75, 3.05) is 25.0 Å². The van der Waals surface area contributed by atoms with Crippen LogP contribution < -0.4 is 10.6 Å². The smallest absolute Gasteiger partial charge is 0.242 e. The molecule has 3 N–H and O–H groups in total. The number of carbonyl (C=O) groups excluding carboxylic acids is 1. The van der Waals surface area contributed by atoms with E-state index in [0.29, 0.717) is 13.1 Å². The van der Waals surface area contributed by atoms with Gasteiger partial charge in [-0.2, -0.15) is 0 Å². The number of nitrogens with zero attached hydrogens (tertiary/aromatic N) is 3. The van der Waals surface area contributed by atoms with Crippen molar-refractivity contribution in [3.63, 3.8) is 0 Å². The van der Waals surface area contributed by atoms with Gasteiger partial charge in [0.15, 0.2) is 0 Å². The van der Waals surface area contributed by atoms with Crippen LogP contribution in [0.15, 0.2) is 60.4 Å². The molecule has 4 aromatic rings. The number of hydrogen-bond acceptors (Lipinski definition) is 6. The Morgan fingerprint density at radius 3 is 3.00 bits per heavy atom. The van der Waals surface area contributed by atoms with Crippen LogP contribution in [0.1, 0.15) is 19.0 Å². The highest BCUT2D eigenvalue weighted by molar-refractivity contribution is 7.16. The first kappa shape index (κ1) is 20.3. The van der Waals surface area contributed by atoms with E-state index in [1.54, 1.807) is 17.5 Å². The lowest BCUT2D eigenvalue weighted by Gasteiger charge is -2.26. The third-order valence-electron chi connectivity index (χ3n) is 5.59. The Balaban J connectivity index is 1.35. The Labute approximate surface area is 189 Å². The van der Waals surface area contributed by atoms with E-state index in [4.69, 9.17) is 0 Å². The number of H-pyrrole nitrogens is 1. The van der Waals surface area contributed by atoms with Gasteiger partial charge in [-0.1, -0.05) is 12.7 Å². The molecule has 1 aliphatic rings. The molecule has 0 aliphatic carbocycles. The molecule has 1 aliphatic heterocycles. The molecule has 0 saturated heterocycles. The summed E-state index contributed by atoms with van der Waals surface area (Å²) in [6, 6.07) is 10.3. The van der Waals surface area contributed by atoms with Crippen LogP contribution in [0.4, 0.5) is 11.4 Å². The Bertz CT molecular complexity index is 1350. The predicted molar refractivity (Wildman–Crippen MR) is 131 cm³/mol. The van der Waals surface area contributed by atoms with E-state index in [9.17, 15) is 4.79 Å². The maximum atomic E-state index is 12.3. The first-order chi connectivity index (χ1) is 15.6. The Hall–Kier alpha value is -3.65. The SMILES string of the molecule is C=C(C)NCC(=O)N1CC=C(c2cc3c(Nc4ccc5ncsc5c4)ccnc3[nH]2)CC1. The number of allylic oxidation sites excluding steroid dienone is 1. The summed E-state index contributed by atoms with van der Waals surface area (Å²) in [6.07, 6.45) is 4.73. The molecule has 1 amide bonds. The largest absolute Gasteiger partial charge is 0.380 e. The number of fused-ring (bicyclic) bond motifs is 2. The monoisotopic (exact) mass is 444 g/mol. The highest BCUT2D eigenvalue weighted by Crippen LogP contribution is 2.31. The number of thiazole rings is 1. The molecule has 5 rings (SSSR count). The zero-order valence-corrected chi connectivity index (χ0v) is 18.6. The van der Waals surface area contributed by atoms with Crippen molar-refractivity contribution >= 4 is 55.4 Å². The van der Waals surface area contributed by atoms with Gasteiger partial charge in [0, 0.05) is 41.8 Å². The van der Waals surface area contributed by atoms with Crippen molar-refractivity contribution < 1.29 is 4.79 Å². The molecule has 0 atom stereocenters. The molecule has 0 bridgehead atoms. The number of hydrogen-bond donors (Lipinski definition) is 3. The highest BCUT2D eigenvalue weighted by Gasteiger charge is 2.19. The summed E-state index contributed by atoms with van der Waals surface area (Å²) in [5.74, 6) is 0.0889. The third-order valence-corrected chi connectivity index (χ3v) is 6.38. The molecule has 3 aromatic heterocycles. The fraction of sp³-hybridized carbons (Fsp3) is 0.208. The van der Waals surface area contributed by atoms with Crippen molar-refractivity contribution in [3.8, 4) is 0 Å². The van der Waals surface area contributed by atoms with Crippen LogP contribution in [0.3, 0.4) is 0 Å². The maximum Gasteiger partial charge on any atom is 0.242 e. The third kappa shape index (κ3) is 4.09. The number of rotatable bonds is 6. The quantitative estimate of drug-likeness (QED) is 0.403. The van der Waals surface area contributed by atoms with Gasteiger partial charge in [-0.15, -0.1) is 11.3 Å². The zero-order valence-electron chi connectivity index (χ0n) is 17.8. The van der Waals surface area contributed by atoms with Gasteiger partial charge in [0.25, 0.3) is 0 Å². The number of aromatic amines is 1. The van der Waals surface area contributed by atoms with Crippen molar-refractivity contribution in [2.24, 2.45) is 0 Å². The lowest BCUT2D eigenvalue weighted by Crippen LogP contribution is -2.40. The molecule has 4 heterocycles. The number of pyridine rings is 1. The standard InChI is InChI=1S/C24H24N6OS/c1-15(2)26-13-23(31)30-9-6-16(7-10-30)21-12-18-19(5-8-25-24(18)29-21)28-17-3-4-20-22(11-17)32-14-27-20/h3-6,8,11-12,14,26H,1,7,9-10,13H2,2H3,(H2,25,28,29).